The average molecular weight is 260 g/mol. The van der Waals surface area contributed by atoms with Crippen molar-refractivity contribution >= 4 is 11.6 Å². The zero-order valence-corrected chi connectivity index (χ0v) is 10.6. The second kappa shape index (κ2) is 5.06. The van der Waals surface area contributed by atoms with Crippen molar-refractivity contribution in [1.82, 2.24) is 4.57 Å². The number of nitrogens with zero attached hydrogens (tertiary/aromatic N) is 1. The van der Waals surface area contributed by atoms with Crippen molar-refractivity contribution in [3.63, 3.8) is 0 Å². The molecule has 0 atom stereocenters. The van der Waals surface area contributed by atoms with E-state index in [4.69, 9.17) is 0 Å². The minimum absolute atomic E-state index is 0.0196. The van der Waals surface area contributed by atoms with E-state index < -0.39 is 11.7 Å². The fourth-order valence-electron chi connectivity index (χ4n) is 1.69. The zero-order valence-electron chi connectivity index (χ0n) is 10.6. The number of hydrogen-bond acceptors (Lipinski definition) is 2. The van der Waals surface area contributed by atoms with Gasteiger partial charge in [0.1, 0.15) is 5.82 Å². The van der Waals surface area contributed by atoms with E-state index in [0.29, 0.717) is 11.3 Å². The van der Waals surface area contributed by atoms with Crippen LogP contribution in [0.25, 0.3) is 0 Å². The Bertz CT molecular complexity index is 692. The van der Waals surface area contributed by atoms with Crippen LogP contribution in [0.5, 0.6) is 0 Å². The molecule has 0 saturated heterocycles. The summed E-state index contributed by atoms with van der Waals surface area (Å²) in [6.07, 6.45) is 1.48. The predicted molar refractivity (Wildman–Crippen MR) is 70.8 cm³/mol. The van der Waals surface area contributed by atoms with Gasteiger partial charge in [0, 0.05) is 19.3 Å². The van der Waals surface area contributed by atoms with Gasteiger partial charge in [-0.15, -0.1) is 0 Å². The highest BCUT2D eigenvalue weighted by Gasteiger charge is 2.13. The van der Waals surface area contributed by atoms with Crippen LogP contribution in [0.3, 0.4) is 0 Å². The summed E-state index contributed by atoms with van der Waals surface area (Å²) in [6, 6.07) is 7.45. The molecule has 2 aromatic rings. The smallest absolute Gasteiger partial charge is 0.258 e. The number of halogens is 1. The summed E-state index contributed by atoms with van der Waals surface area (Å²) in [7, 11) is 1.57. The minimum atomic E-state index is -0.542. The van der Waals surface area contributed by atoms with Crippen LogP contribution in [-0.2, 0) is 7.05 Å². The molecule has 1 aromatic heterocycles. The molecule has 1 heterocycles. The number of amides is 1. The molecule has 0 bridgehead atoms. The molecule has 0 unspecified atom stereocenters. The number of carbonyl (C=O) groups is 1. The molecule has 19 heavy (non-hydrogen) atoms. The first-order valence-corrected chi connectivity index (χ1v) is 5.72. The second-order valence-electron chi connectivity index (χ2n) is 4.26. The molecule has 0 fully saturated rings. The highest BCUT2D eigenvalue weighted by atomic mass is 19.1. The van der Waals surface area contributed by atoms with Crippen molar-refractivity contribution in [1.29, 1.82) is 0 Å². The van der Waals surface area contributed by atoms with Crippen molar-refractivity contribution < 1.29 is 9.18 Å². The SMILES string of the molecule is Cc1cccc(C(=O)Nc2ccc(=O)n(C)c2)c1F. The number of nitrogens with one attached hydrogen (secondary N) is 1. The van der Waals surface area contributed by atoms with Crippen LogP contribution >= 0.6 is 0 Å². The van der Waals surface area contributed by atoms with Crippen molar-refractivity contribution in [2.75, 3.05) is 5.32 Å². The lowest BCUT2D eigenvalue weighted by Gasteiger charge is -2.08. The summed E-state index contributed by atoms with van der Waals surface area (Å²) in [5.41, 5.74) is 0.648. The van der Waals surface area contributed by atoms with Crippen LogP contribution in [-0.4, -0.2) is 10.5 Å². The maximum Gasteiger partial charge on any atom is 0.258 e. The normalized spacial score (nSPS) is 10.3. The lowest BCUT2D eigenvalue weighted by atomic mass is 10.1. The fourth-order valence-corrected chi connectivity index (χ4v) is 1.69. The quantitative estimate of drug-likeness (QED) is 0.898. The van der Waals surface area contributed by atoms with Gasteiger partial charge in [0.2, 0.25) is 5.56 Å². The Kier molecular flexibility index (Phi) is 3.46. The standard InChI is InChI=1S/C14H13FN2O2/c1-9-4-3-5-11(13(9)15)14(19)16-10-6-7-12(18)17(2)8-10/h3-8H,1-2H3,(H,16,19). The van der Waals surface area contributed by atoms with Gasteiger partial charge in [-0.25, -0.2) is 4.39 Å². The summed E-state index contributed by atoms with van der Waals surface area (Å²) in [6.45, 7) is 1.60. The molecule has 0 aliphatic heterocycles. The van der Waals surface area contributed by atoms with Gasteiger partial charge < -0.3 is 9.88 Å². The van der Waals surface area contributed by atoms with E-state index in [1.54, 1.807) is 26.1 Å². The predicted octanol–water partition coefficient (Wildman–Crippen LogP) is 2.09. The van der Waals surface area contributed by atoms with Gasteiger partial charge >= 0.3 is 0 Å². The Morgan fingerprint density at radius 2 is 2.00 bits per heavy atom. The number of hydrogen-bond donors (Lipinski definition) is 1. The first-order valence-electron chi connectivity index (χ1n) is 5.72. The molecule has 0 aliphatic carbocycles. The van der Waals surface area contributed by atoms with Gasteiger partial charge in [-0.05, 0) is 24.6 Å². The minimum Gasteiger partial charge on any atom is -0.321 e. The highest BCUT2D eigenvalue weighted by Crippen LogP contribution is 2.14. The van der Waals surface area contributed by atoms with Gasteiger partial charge in [-0.2, -0.15) is 0 Å². The van der Waals surface area contributed by atoms with E-state index in [2.05, 4.69) is 5.32 Å². The van der Waals surface area contributed by atoms with E-state index in [-0.39, 0.29) is 11.1 Å². The summed E-state index contributed by atoms with van der Waals surface area (Å²) >= 11 is 0. The van der Waals surface area contributed by atoms with E-state index >= 15 is 0 Å². The van der Waals surface area contributed by atoms with Crippen LogP contribution < -0.4 is 10.9 Å². The molecule has 1 aromatic carbocycles. The van der Waals surface area contributed by atoms with Gasteiger partial charge in [0.15, 0.2) is 0 Å². The summed E-state index contributed by atoms with van der Waals surface area (Å²) in [4.78, 5) is 23.2. The molecule has 0 saturated carbocycles. The number of anilines is 1. The molecule has 98 valence electrons. The largest absolute Gasteiger partial charge is 0.321 e. The number of aromatic nitrogens is 1. The van der Waals surface area contributed by atoms with Gasteiger partial charge in [0.25, 0.3) is 5.91 Å². The Hall–Kier alpha value is -2.43. The Morgan fingerprint density at radius 1 is 1.26 bits per heavy atom. The Labute approximate surface area is 109 Å². The van der Waals surface area contributed by atoms with Crippen LogP contribution in [0.15, 0.2) is 41.3 Å². The third-order valence-corrected chi connectivity index (χ3v) is 2.78. The molecule has 2 rings (SSSR count). The maximum atomic E-state index is 13.8. The first kappa shape index (κ1) is 13.0. The van der Waals surface area contributed by atoms with Crippen molar-refractivity contribution in [2.24, 2.45) is 7.05 Å². The zero-order chi connectivity index (χ0) is 14.0. The van der Waals surface area contributed by atoms with E-state index in [0.717, 1.165) is 0 Å². The van der Waals surface area contributed by atoms with Crippen LogP contribution in [0.2, 0.25) is 0 Å². The summed E-state index contributed by atoms with van der Waals surface area (Å²) in [5, 5.41) is 2.56. The van der Waals surface area contributed by atoms with E-state index in [1.807, 2.05) is 0 Å². The number of pyridine rings is 1. The molecule has 0 spiro atoms. The molecule has 4 nitrogen and oxygen atoms in total. The van der Waals surface area contributed by atoms with Crippen molar-refractivity contribution in [3.8, 4) is 0 Å². The van der Waals surface area contributed by atoms with Gasteiger partial charge in [-0.3, -0.25) is 9.59 Å². The van der Waals surface area contributed by atoms with Crippen LogP contribution in [0.4, 0.5) is 10.1 Å². The summed E-state index contributed by atoms with van der Waals surface area (Å²) < 4.78 is 15.1. The van der Waals surface area contributed by atoms with E-state index in [1.165, 1.54) is 29.0 Å². The highest BCUT2D eigenvalue weighted by molar-refractivity contribution is 6.04. The third-order valence-electron chi connectivity index (χ3n) is 2.78. The number of benzene rings is 1. The first-order chi connectivity index (χ1) is 8.99. The van der Waals surface area contributed by atoms with Gasteiger partial charge in [0.05, 0.1) is 11.3 Å². The van der Waals surface area contributed by atoms with Crippen LogP contribution in [0, 0.1) is 12.7 Å². The third kappa shape index (κ3) is 2.70. The fraction of sp³-hybridized carbons (Fsp3) is 0.143. The average Bonchev–Trinajstić information content (AvgIpc) is 2.37. The molecular formula is C14H13FN2O2. The maximum absolute atomic E-state index is 13.8. The second-order valence-corrected chi connectivity index (χ2v) is 4.26. The number of rotatable bonds is 2. The van der Waals surface area contributed by atoms with Gasteiger partial charge in [-0.1, -0.05) is 12.1 Å². The number of aryl methyl sites for hydroxylation is 2. The van der Waals surface area contributed by atoms with Crippen molar-refractivity contribution in [2.45, 2.75) is 6.92 Å². The monoisotopic (exact) mass is 260 g/mol. The molecule has 1 amide bonds. The molecule has 0 radical (unpaired) electrons. The van der Waals surface area contributed by atoms with E-state index in [9.17, 15) is 14.0 Å². The Balaban J connectivity index is 2.28. The lowest BCUT2D eigenvalue weighted by molar-refractivity contribution is 0.102. The Morgan fingerprint density at radius 3 is 2.68 bits per heavy atom. The topological polar surface area (TPSA) is 51.1 Å². The molecule has 1 N–H and O–H groups in total. The lowest BCUT2D eigenvalue weighted by Crippen LogP contribution is -2.18. The summed E-state index contributed by atoms with van der Waals surface area (Å²) in [5.74, 6) is -1.08. The molecule has 0 aliphatic rings. The van der Waals surface area contributed by atoms with Crippen molar-refractivity contribution in [3.05, 3.63) is 63.8 Å². The number of carbonyl (C=O) groups excluding carboxylic acids is 1. The molecule has 5 heteroatoms. The van der Waals surface area contributed by atoms with Crippen LogP contribution in [0.1, 0.15) is 15.9 Å². The molecular weight excluding hydrogens is 247 g/mol.